The molecule has 4 nitrogen and oxygen atoms in total. The Bertz CT molecular complexity index is 929. The van der Waals surface area contributed by atoms with Gasteiger partial charge in [0.1, 0.15) is 5.82 Å². The van der Waals surface area contributed by atoms with Gasteiger partial charge in [-0.3, -0.25) is 4.79 Å². The summed E-state index contributed by atoms with van der Waals surface area (Å²) in [6.45, 7) is 0. The van der Waals surface area contributed by atoms with E-state index in [0.29, 0.717) is 5.69 Å². The molecule has 0 atom stereocenters. The van der Waals surface area contributed by atoms with Crippen molar-refractivity contribution in [3.05, 3.63) is 76.3 Å². The van der Waals surface area contributed by atoms with E-state index in [1.54, 1.807) is 24.1 Å². The molecule has 128 valence electrons. The van der Waals surface area contributed by atoms with Crippen LogP contribution in [-0.2, 0) is 18.3 Å². The van der Waals surface area contributed by atoms with Crippen LogP contribution < -0.4 is 9.70 Å². The lowest BCUT2D eigenvalue weighted by Crippen LogP contribution is -2.29. The molecule has 3 rings (SSSR count). The zero-order chi connectivity index (χ0) is 17.8. The van der Waals surface area contributed by atoms with Crippen molar-refractivity contribution >= 4 is 28.6 Å². The number of halogens is 1. The number of aromatic nitrogens is 1. The first-order valence-electron chi connectivity index (χ1n) is 7.80. The molecule has 6 heteroatoms. The summed E-state index contributed by atoms with van der Waals surface area (Å²) in [6.07, 6.45) is 0.289. The Balaban J connectivity index is 1.79. The van der Waals surface area contributed by atoms with Gasteiger partial charge in [-0.05, 0) is 36.4 Å². The molecule has 0 N–H and O–H groups in total. The number of amides is 1. The largest absolute Gasteiger partial charge is 0.323 e. The predicted molar refractivity (Wildman–Crippen MR) is 98.5 cm³/mol. The van der Waals surface area contributed by atoms with Crippen molar-refractivity contribution in [3.63, 3.8) is 0 Å². The summed E-state index contributed by atoms with van der Waals surface area (Å²) in [5.74, 6) is -0.280. The van der Waals surface area contributed by atoms with Crippen molar-refractivity contribution in [1.29, 1.82) is 0 Å². The molecule has 0 bridgehead atoms. The summed E-state index contributed by atoms with van der Waals surface area (Å²) in [5.41, 5.74) is 2.43. The van der Waals surface area contributed by atoms with Gasteiger partial charge >= 0.3 is 0 Å². The average molecular weight is 355 g/mol. The van der Waals surface area contributed by atoms with E-state index >= 15 is 0 Å². The first kappa shape index (κ1) is 17.1. The van der Waals surface area contributed by atoms with Gasteiger partial charge in [-0.1, -0.05) is 18.2 Å². The maximum absolute atomic E-state index is 13.0. The Labute approximate surface area is 149 Å². The van der Waals surface area contributed by atoms with Crippen molar-refractivity contribution < 1.29 is 9.18 Å². The molecule has 2 aromatic carbocycles. The SMILES string of the molecule is CN(C(=O)Cc1csc(=Nc2ccc(F)cc2)n1C)c1ccccc1. The van der Waals surface area contributed by atoms with Crippen LogP contribution in [0, 0.1) is 5.82 Å². The maximum atomic E-state index is 13.0. The minimum atomic E-state index is -0.287. The van der Waals surface area contributed by atoms with E-state index in [1.165, 1.54) is 23.5 Å². The standard InChI is InChI=1S/C19H18FN3OS/c1-22(16-6-4-3-5-7-16)18(24)12-17-13-25-19(23(17)2)21-15-10-8-14(20)9-11-15/h3-11,13H,12H2,1-2H3. The number of hydrogen-bond acceptors (Lipinski definition) is 3. The third-order valence-electron chi connectivity index (χ3n) is 3.92. The second-order valence-electron chi connectivity index (χ2n) is 5.62. The highest BCUT2D eigenvalue weighted by atomic mass is 32.1. The number of carbonyl (C=O) groups is 1. The Morgan fingerprint density at radius 1 is 1.16 bits per heavy atom. The highest BCUT2D eigenvalue weighted by molar-refractivity contribution is 7.07. The van der Waals surface area contributed by atoms with Crippen LogP contribution in [0.1, 0.15) is 5.69 Å². The number of benzene rings is 2. The first-order chi connectivity index (χ1) is 12.0. The molecule has 0 aliphatic rings. The molecule has 0 aliphatic heterocycles. The number of rotatable bonds is 4. The van der Waals surface area contributed by atoms with E-state index in [1.807, 2.05) is 47.3 Å². The van der Waals surface area contributed by atoms with Crippen molar-refractivity contribution in [2.75, 3.05) is 11.9 Å². The van der Waals surface area contributed by atoms with Gasteiger partial charge in [0.2, 0.25) is 5.91 Å². The Morgan fingerprint density at radius 3 is 2.52 bits per heavy atom. The van der Waals surface area contributed by atoms with Crippen LogP contribution in [0.25, 0.3) is 0 Å². The van der Waals surface area contributed by atoms with Crippen LogP contribution in [0.5, 0.6) is 0 Å². The van der Waals surface area contributed by atoms with Gasteiger partial charge in [0.15, 0.2) is 4.80 Å². The molecule has 0 saturated carbocycles. The Kier molecular flexibility index (Phi) is 5.09. The normalized spacial score (nSPS) is 11.6. The van der Waals surface area contributed by atoms with E-state index in [4.69, 9.17) is 0 Å². The first-order valence-corrected chi connectivity index (χ1v) is 8.68. The number of hydrogen-bond donors (Lipinski definition) is 0. The molecule has 0 radical (unpaired) electrons. The third kappa shape index (κ3) is 4.03. The number of para-hydroxylation sites is 1. The van der Waals surface area contributed by atoms with E-state index in [-0.39, 0.29) is 18.1 Å². The van der Waals surface area contributed by atoms with Crippen LogP contribution in [0.15, 0.2) is 65.0 Å². The highest BCUT2D eigenvalue weighted by Crippen LogP contribution is 2.14. The molecule has 0 fully saturated rings. The summed E-state index contributed by atoms with van der Waals surface area (Å²) in [7, 11) is 3.65. The summed E-state index contributed by atoms with van der Waals surface area (Å²) in [6, 6.07) is 15.6. The molecular weight excluding hydrogens is 337 g/mol. The molecule has 1 amide bonds. The van der Waals surface area contributed by atoms with Gasteiger partial charge in [0.25, 0.3) is 0 Å². The minimum Gasteiger partial charge on any atom is -0.323 e. The molecule has 0 unspecified atom stereocenters. The van der Waals surface area contributed by atoms with E-state index in [2.05, 4.69) is 4.99 Å². The lowest BCUT2D eigenvalue weighted by molar-refractivity contribution is -0.117. The van der Waals surface area contributed by atoms with Crippen molar-refractivity contribution in [1.82, 2.24) is 4.57 Å². The van der Waals surface area contributed by atoms with Gasteiger partial charge in [-0.25, -0.2) is 9.38 Å². The second-order valence-corrected chi connectivity index (χ2v) is 6.46. The molecule has 25 heavy (non-hydrogen) atoms. The molecule has 0 aliphatic carbocycles. The van der Waals surface area contributed by atoms with Crippen molar-refractivity contribution in [3.8, 4) is 0 Å². The van der Waals surface area contributed by atoms with Crippen LogP contribution in [0.3, 0.4) is 0 Å². The molecule has 3 aromatic rings. The summed E-state index contributed by atoms with van der Waals surface area (Å²) in [4.78, 5) is 19.4. The van der Waals surface area contributed by atoms with Gasteiger partial charge in [-0.15, -0.1) is 11.3 Å². The van der Waals surface area contributed by atoms with E-state index < -0.39 is 0 Å². The van der Waals surface area contributed by atoms with Crippen molar-refractivity contribution in [2.45, 2.75) is 6.42 Å². The van der Waals surface area contributed by atoms with Gasteiger partial charge < -0.3 is 9.47 Å². The fourth-order valence-corrected chi connectivity index (χ4v) is 3.27. The predicted octanol–water partition coefficient (Wildman–Crippen LogP) is 3.66. The average Bonchev–Trinajstić information content (AvgIpc) is 2.97. The molecule has 1 aromatic heterocycles. The van der Waals surface area contributed by atoms with E-state index in [0.717, 1.165) is 16.2 Å². The van der Waals surface area contributed by atoms with E-state index in [9.17, 15) is 9.18 Å². The summed E-state index contributed by atoms with van der Waals surface area (Å²) >= 11 is 1.46. The number of anilines is 1. The quantitative estimate of drug-likeness (QED) is 0.704. The number of thiazole rings is 1. The fraction of sp³-hybridized carbons (Fsp3) is 0.158. The lowest BCUT2D eigenvalue weighted by atomic mass is 10.2. The molecule has 1 heterocycles. The zero-order valence-corrected chi connectivity index (χ0v) is 14.8. The second kappa shape index (κ2) is 7.44. The summed E-state index contributed by atoms with van der Waals surface area (Å²) in [5, 5.41) is 1.93. The number of nitrogens with zero attached hydrogens (tertiary/aromatic N) is 3. The highest BCUT2D eigenvalue weighted by Gasteiger charge is 2.14. The molecule has 0 saturated heterocycles. The Morgan fingerprint density at radius 2 is 1.84 bits per heavy atom. The fourth-order valence-electron chi connectivity index (χ4n) is 2.36. The van der Waals surface area contributed by atoms with Gasteiger partial charge in [-0.2, -0.15) is 0 Å². The van der Waals surface area contributed by atoms with Crippen LogP contribution >= 0.6 is 11.3 Å². The zero-order valence-electron chi connectivity index (χ0n) is 14.0. The maximum Gasteiger partial charge on any atom is 0.232 e. The van der Waals surface area contributed by atoms with Crippen molar-refractivity contribution in [2.24, 2.45) is 12.0 Å². The monoisotopic (exact) mass is 355 g/mol. The van der Waals surface area contributed by atoms with Gasteiger partial charge in [0.05, 0.1) is 12.1 Å². The smallest absolute Gasteiger partial charge is 0.232 e. The van der Waals surface area contributed by atoms with Crippen LogP contribution in [0.2, 0.25) is 0 Å². The minimum absolute atomic E-state index is 0.00734. The molecular formula is C19H18FN3OS. The van der Waals surface area contributed by atoms with Crippen LogP contribution in [0.4, 0.5) is 15.8 Å². The topological polar surface area (TPSA) is 37.6 Å². The summed E-state index contributed by atoms with van der Waals surface area (Å²) < 4.78 is 14.9. The number of likely N-dealkylation sites (N-methyl/N-ethyl adjacent to an activating group) is 1. The van der Waals surface area contributed by atoms with Crippen LogP contribution in [-0.4, -0.2) is 17.5 Å². The van der Waals surface area contributed by atoms with Gasteiger partial charge in [0, 0.05) is 30.9 Å². The third-order valence-corrected chi connectivity index (χ3v) is 4.89. The Hall–Kier alpha value is -2.73. The number of carbonyl (C=O) groups excluding carboxylic acids is 1. The lowest BCUT2D eigenvalue weighted by Gasteiger charge is -2.17. The molecule has 0 spiro atoms.